The molecule has 1 fully saturated rings. The van der Waals surface area contributed by atoms with E-state index in [1.807, 2.05) is 12.1 Å². The summed E-state index contributed by atoms with van der Waals surface area (Å²) in [5.74, 6) is 0. The van der Waals surface area contributed by atoms with Gasteiger partial charge in [-0.05, 0) is 50.2 Å². The van der Waals surface area contributed by atoms with Crippen LogP contribution in [0.4, 0.5) is 0 Å². The van der Waals surface area contributed by atoms with Gasteiger partial charge in [-0.3, -0.25) is 0 Å². The third-order valence-electron chi connectivity index (χ3n) is 3.30. The summed E-state index contributed by atoms with van der Waals surface area (Å²) in [4.78, 5) is 2.41. The fourth-order valence-electron chi connectivity index (χ4n) is 2.33. The monoisotopic (exact) mass is 272 g/mol. The molecule has 1 aliphatic heterocycles. The van der Waals surface area contributed by atoms with Crippen LogP contribution < -0.4 is 5.32 Å². The lowest BCUT2D eigenvalue weighted by atomic mass is 10.2. The van der Waals surface area contributed by atoms with Crippen molar-refractivity contribution in [1.82, 2.24) is 10.2 Å². The van der Waals surface area contributed by atoms with Crippen LogP contribution in [-0.4, -0.2) is 31.1 Å². The number of hydrogen-bond donors (Lipinski definition) is 1. The molecule has 0 aliphatic carbocycles. The normalized spacial score (nSPS) is 21.0. The number of likely N-dealkylation sites (tertiary alicyclic amines) is 1. The number of likely N-dealkylation sites (N-methyl/N-ethyl adjacent to an activating group) is 1. The standard InChI is InChI=1S/C13H18Cl2N2/c1-17-4-2-3-13(17)9-16-8-10-5-11(14)7-12(15)6-10/h5-7,13,16H,2-4,8-9H2,1H3. The van der Waals surface area contributed by atoms with Crippen LogP contribution in [0, 0.1) is 0 Å². The molecule has 0 saturated carbocycles. The molecule has 0 bridgehead atoms. The number of nitrogens with zero attached hydrogens (tertiary/aromatic N) is 1. The molecule has 1 aromatic carbocycles. The first-order valence-corrected chi connectivity index (χ1v) is 6.76. The number of benzene rings is 1. The van der Waals surface area contributed by atoms with Crippen molar-refractivity contribution in [3.63, 3.8) is 0 Å². The van der Waals surface area contributed by atoms with Gasteiger partial charge in [-0.15, -0.1) is 0 Å². The molecule has 1 aliphatic rings. The Kier molecular flexibility index (Phi) is 4.69. The minimum Gasteiger partial charge on any atom is -0.311 e. The Hall–Kier alpha value is -0.280. The van der Waals surface area contributed by atoms with Crippen LogP contribution in [0.2, 0.25) is 10.0 Å². The molecular weight excluding hydrogens is 255 g/mol. The quantitative estimate of drug-likeness (QED) is 0.906. The van der Waals surface area contributed by atoms with Crippen LogP contribution in [0.5, 0.6) is 0 Å². The van der Waals surface area contributed by atoms with Gasteiger partial charge in [0.1, 0.15) is 0 Å². The van der Waals surface area contributed by atoms with Gasteiger partial charge in [-0.25, -0.2) is 0 Å². The minimum absolute atomic E-state index is 0.671. The molecule has 0 amide bonds. The molecule has 2 rings (SSSR count). The van der Waals surface area contributed by atoms with E-state index in [-0.39, 0.29) is 0 Å². The highest BCUT2D eigenvalue weighted by molar-refractivity contribution is 6.34. The molecule has 1 aromatic rings. The van der Waals surface area contributed by atoms with Gasteiger partial charge < -0.3 is 10.2 Å². The third-order valence-corrected chi connectivity index (χ3v) is 3.74. The summed E-state index contributed by atoms with van der Waals surface area (Å²) in [5, 5.41) is 4.87. The Morgan fingerprint density at radius 2 is 2.00 bits per heavy atom. The average molecular weight is 273 g/mol. The van der Waals surface area contributed by atoms with Crippen molar-refractivity contribution in [2.24, 2.45) is 0 Å². The van der Waals surface area contributed by atoms with Crippen molar-refractivity contribution in [2.45, 2.75) is 25.4 Å². The molecule has 1 N–H and O–H groups in total. The van der Waals surface area contributed by atoms with Crippen LogP contribution >= 0.6 is 23.2 Å². The van der Waals surface area contributed by atoms with Gasteiger partial charge in [0.05, 0.1) is 0 Å². The second-order valence-corrected chi connectivity index (χ2v) is 5.56. The fourth-order valence-corrected chi connectivity index (χ4v) is 2.90. The SMILES string of the molecule is CN1CCCC1CNCc1cc(Cl)cc(Cl)c1. The van der Waals surface area contributed by atoms with Gasteiger partial charge in [0.25, 0.3) is 0 Å². The highest BCUT2D eigenvalue weighted by Gasteiger charge is 2.19. The van der Waals surface area contributed by atoms with Gasteiger partial charge in [0.15, 0.2) is 0 Å². The minimum atomic E-state index is 0.671. The second kappa shape index (κ2) is 6.05. The molecule has 1 unspecified atom stereocenters. The molecule has 1 atom stereocenters. The van der Waals surface area contributed by atoms with Crippen molar-refractivity contribution < 1.29 is 0 Å². The van der Waals surface area contributed by atoms with Crippen molar-refractivity contribution in [3.05, 3.63) is 33.8 Å². The van der Waals surface area contributed by atoms with E-state index in [2.05, 4.69) is 17.3 Å². The fraction of sp³-hybridized carbons (Fsp3) is 0.538. The Balaban J connectivity index is 1.81. The zero-order valence-corrected chi connectivity index (χ0v) is 11.6. The molecule has 94 valence electrons. The molecule has 0 spiro atoms. The zero-order valence-electron chi connectivity index (χ0n) is 10.0. The number of halogens is 2. The number of nitrogens with one attached hydrogen (secondary N) is 1. The summed E-state index contributed by atoms with van der Waals surface area (Å²) >= 11 is 11.9. The molecular formula is C13H18Cl2N2. The maximum atomic E-state index is 5.96. The van der Waals surface area contributed by atoms with Crippen LogP contribution in [0.1, 0.15) is 18.4 Å². The smallest absolute Gasteiger partial charge is 0.0424 e. The van der Waals surface area contributed by atoms with E-state index in [1.165, 1.54) is 19.4 Å². The molecule has 2 nitrogen and oxygen atoms in total. The van der Waals surface area contributed by atoms with Crippen molar-refractivity contribution in [3.8, 4) is 0 Å². The first-order chi connectivity index (χ1) is 8.15. The maximum absolute atomic E-state index is 5.96. The Morgan fingerprint density at radius 1 is 1.29 bits per heavy atom. The second-order valence-electron chi connectivity index (χ2n) is 4.69. The molecule has 0 radical (unpaired) electrons. The van der Waals surface area contributed by atoms with Crippen LogP contribution in [0.25, 0.3) is 0 Å². The van der Waals surface area contributed by atoms with E-state index in [9.17, 15) is 0 Å². The summed E-state index contributed by atoms with van der Waals surface area (Å²) in [6.45, 7) is 3.07. The van der Waals surface area contributed by atoms with E-state index in [0.717, 1.165) is 18.7 Å². The first kappa shape index (κ1) is 13.2. The maximum Gasteiger partial charge on any atom is 0.0424 e. The molecule has 1 heterocycles. The van der Waals surface area contributed by atoms with Gasteiger partial charge >= 0.3 is 0 Å². The lowest BCUT2D eigenvalue weighted by Crippen LogP contribution is -2.35. The van der Waals surface area contributed by atoms with E-state index in [0.29, 0.717) is 16.1 Å². The molecule has 0 aromatic heterocycles. The summed E-state index contributed by atoms with van der Waals surface area (Å²) in [6, 6.07) is 6.35. The van der Waals surface area contributed by atoms with Gasteiger partial charge in [-0.2, -0.15) is 0 Å². The molecule has 4 heteroatoms. The topological polar surface area (TPSA) is 15.3 Å². The summed E-state index contributed by atoms with van der Waals surface area (Å²) in [5.41, 5.74) is 1.14. The van der Waals surface area contributed by atoms with Crippen molar-refractivity contribution in [1.29, 1.82) is 0 Å². The molecule has 1 saturated heterocycles. The summed E-state index contributed by atoms with van der Waals surface area (Å²) in [6.07, 6.45) is 2.60. The lowest BCUT2D eigenvalue weighted by Gasteiger charge is -2.19. The average Bonchev–Trinajstić information content (AvgIpc) is 2.63. The van der Waals surface area contributed by atoms with Crippen LogP contribution in [0.3, 0.4) is 0 Å². The largest absolute Gasteiger partial charge is 0.311 e. The summed E-state index contributed by atoms with van der Waals surface area (Å²) in [7, 11) is 2.19. The number of hydrogen-bond acceptors (Lipinski definition) is 2. The van der Waals surface area contributed by atoms with E-state index < -0.39 is 0 Å². The Bertz CT molecular complexity index is 361. The zero-order chi connectivity index (χ0) is 12.3. The number of rotatable bonds is 4. The Labute approximate surface area is 113 Å². The van der Waals surface area contributed by atoms with Gasteiger partial charge in [0, 0.05) is 29.2 Å². The first-order valence-electron chi connectivity index (χ1n) is 6.01. The van der Waals surface area contributed by atoms with E-state index in [4.69, 9.17) is 23.2 Å². The molecule has 17 heavy (non-hydrogen) atoms. The van der Waals surface area contributed by atoms with E-state index >= 15 is 0 Å². The summed E-state index contributed by atoms with van der Waals surface area (Å²) < 4.78 is 0. The predicted octanol–water partition coefficient (Wildman–Crippen LogP) is 3.18. The highest BCUT2D eigenvalue weighted by atomic mass is 35.5. The highest BCUT2D eigenvalue weighted by Crippen LogP contribution is 2.19. The van der Waals surface area contributed by atoms with E-state index in [1.54, 1.807) is 6.07 Å². The van der Waals surface area contributed by atoms with Crippen molar-refractivity contribution >= 4 is 23.2 Å². The predicted molar refractivity (Wildman–Crippen MR) is 73.8 cm³/mol. The van der Waals surface area contributed by atoms with Gasteiger partial charge in [-0.1, -0.05) is 23.2 Å². The van der Waals surface area contributed by atoms with Crippen LogP contribution in [0.15, 0.2) is 18.2 Å². The van der Waals surface area contributed by atoms with Crippen LogP contribution in [-0.2, 0) is 6.54 Å². The van der Waals surface area contributed by atoms with Crippen molar-refractivity contribution in [2.75, 3.05) is 20.1 Å². The Morgan fingerprint density at radius 3 is 2.59 bits per heavy atom. The third kappa shape index (κ3) is 3.85. The lowest BCUT2D eigenvalue weighted by molar-refractivity contribution is 0.300. The van der Waals surface area contributed by atoms with Gasteiger partial charge in [0.2, 0.25) is 0 Å².